The van der Waals surface area contributed by atoms with Crippen molar-refractivity contribution in [1.29, 1.82) is 0 Å². The summed E-state index contributed by atoms with van der Waals surface area (Å²) in [6, 6.07) is 7.53. The van der Waals surface area contributed by atoms with Crippen LogP contribution in [0.1, 0.15) is 22.8 Å². The molecule has 0 bridgehead atoms. The van der Waals surface area contributed by atoms with E-state index >= 15 is 0 Å². The van der Waals surface area contributed by atoms with E-state index in [0.717, 1.165) is 49.7 Å². The molecule has 1 amide bonds. The van der Waals surface area contributed by atoms with Gasteiger partial charge < -0.3 is 15.1 Å². The largest absolute Gasteiger partial charge is 0.337 e. The number of carbonyl (C=O) groups is 1. The smallest absolute Gasteiger partial charge is 0.253 e. The van der Waals surface area contributed by atoms with E-state index < -0.39 is 0 Å². The van der Waals surface area contributed by atoms with Crippen LogP contribution in [0.15, 0.2) is 52.8 Å². The number of nitrogens with zero attached hydrogens (tertiary/aromatic N) is 6. The van der Waals surface area contributed by atoms with Crippen molar-refractivity contribution in [3.63, 3.8) is 0 Å². The third-order valence-electron chi connectivity index (χ3n) is 5.73. The number of benzene rings is 1. The molecule has 0 radical (unpaired) electrons. The minimum atomic E-state index is 0.0838. The molecular weight excluding hydrogens is 394 g/mol. The topological polar surface area (TPSA) is 104 Å². The molecule has 3 N–H and O–H groups in total. The maximum Gasteiger partial charge on any atom is 0.253 e. The fourth-order valence-electron chi connectivity index (χ4n) is 3.91. The number of nitrogens with one attached hydrogen (secondary N) is 3. The zero-order valence-electron chi connectivity index (χ0n) is 17.4. The standard InChI is InChI=1S/C21H25N9O/c1-2-28-7-9-29(10-8-28)21(31)15-3-5-17(6-4-15)27-19-20-23-14-26-30(20)18(13-22-19)16-11-24-25-12-16/h3-6,11-13,26H,2,7-10,14H2,1H3,(H,22,27)(H,24,25). The van der Waals surface area contributed by atoms with Gasteiger partial charge in [-0.05, 0) is 30.8 Å². The first-order valence-corrected chi connectivity index (χ1v) is 10.5. The number of anilines is 1. The summed E-state index contributed by atoms with van der Waals surface area (Å²) in [7, 11) is 0. The SMILES string of the molecule is CCN1CCN(C(=O)c2ccc(NC3=NC=C(c4cn[nH]c4)N4NCN=C34)cc2)CC1. The van der Waals surface area contributed by atoms with Gasteiger partial charge in [-0.1, -0.05) is 6.92 Å². The Bertz CT molecular complexity index is 1030. The number of hydrogen-bond acceptors (Lipinski definition) is 8. The Morgan fingerprint density at radius 3 is 2.68 bits per heavy atom. The van der Waals surface area contributed by atoms with Crippen molar-refractivity contribution in [3.05, 3.63) is 54.0 Å². The number of fused-ring (bicyclic) bond motifs is 1. The monoisotopic (exact) mass is 419 g/mol. The van der Waals surface area contributed by atoms with Crippen LogP contribution in [0.25, 0.3) is 5.70 Å². The highest BCUT2D eigenvalue weighted by Crippen LogP contribution is 2.24. The Balaban J connectivity index is 1.28. The molecule has 1 aromatic carbocycles. The first-order valence-electron chi connectivity index (χ1n) is 10.5. The third-order valence-corrected chi connectivity index (χ3v) is 5.73. The van der Waals surface area contributed by atoms with Gasteiger partial charge in [0.15, 0.2) is 11.7 Å². The average molecular weight is 419 g/mol. The van der Waals surface area contributed by atoms with Gasteiger partial charge in [-0.2, -0.15) is 5.10 Å². The minimum Gasteiger partial charge on any atom is -0.337 e. The Morgan fingerprint density at radius 1 is 1.16 bits per heavy atom. The molecule has 3 aliphatic rings. The van der Waals surface area contributed by atoms with Gasteiger partial charge in [-0.25, -0.2) is 15.4 Å². The van der Waals surface area contributed by atoms with E-state index in [9.17, 15) is 4.79 Å². The molecule has 5 rings (SSSR count). The molecule has 0 atom stereocenters. The highest BCUT2D eigenvalue weighted by Gasteiger charge is 2.29. The number of hydrazine groups is 1. The second kappa shape index (κ2) is 8.32. The van der Waals surface area contributed by atoms with Gasteiger partial charge in [-0.15, -0.1) is 0 Å². The van der Waals surface area contributed by atoms with Crippen molar-refractivity contribution < 1.29 is 4.79 Å². The van der Waals surface area contributed by atoms with Crippen molar-refractivity contribution in [2.24, 2.45) is 9.98 Å². The number of likely N-dealkylation sites (N-methyl/N-ethyl adjacent to an activating group) is 1. The van der Waals surface area contributed by atoms with Crippen LogP contribution in [0.3, 0.4) is 0 Å². The number of aromatic amines is 1. The molecule has 0 aliphatic carbocycles. The van der Waals surface area contributed by atoms with Crippen LogP contribution < -0.4 is 10.7 Å². The Kier molecular flexibility index (Phi) is 5.23. The van der Waals surface area contributed by atoms with Crippen LogP contribution in [0.5, 0.6) is 0 Å². The zero-order chi connectivity index (χ0) is 21.2. The van der Waals surface area contributed by atoms with Crippen LogP contribution in [-0.4, -0.2) is 82.0 Å². The lowest BCUT2D eigenvalue weighted by molar-refractivity contribution is 0.0643. The van der Waals surface area contributed by atoms with Crippen LogP contribution >= 0.6 is 0 Å². The van der Waals surface area contributed by atoms with E-state index in [-0.39, 0.29) is 5.91 Å². The Labute approximate surface area is 180 Å². The van der Waals surface area contributed by atoms with Gasteiger partial charge >= 0.3 is 0 Å². The maximum atomic E-state index is 12.8. The van der Waals surface area contributed by atoms with Gasteiger partial charge in [0.1, 0.15) is 6.67 Å². The summed E-state index contributed by atoms with van der Waals surface area (Å²) in [6.07, 6.45) is 5.34. The highest BCUT2D eigenvalue weighted by molar-refractivity contribution is 6.46. The van der Waals surface area contributed by atoms with Gasteiger partial charge in [0.2, 0.25) is 0 Å². The second-order valence-corrected chi connectivity index (χ2v) is 7.54. The lowest BCUT2D eigenvalue weighted by Gasteiger charge is -2.34. The normalized spacial score (nSPS) is 18.9. The number of rotatable bonds is 4. The van der Waals surface area contributed by atoms with Crippen molar-refractivity contribution in [2.75, 3.05) is 44.7 Å². The lowest BCUT2D eigenvalue weighted by Crippen LogP contribution is -2.48. The van der Waals surface area contributed by atoms with E-state index in [1.165, 1.54) is 0 Å². The van der Waals surface area contributed by atoms with E-state index in [2.05, 4.69) is 42.7 Å². The first kappa shape index (κ1) is 19.5. The van der Waals surface area contributed by atoms with Crippen LogP contribution in [0, 0.1) is 0 Å². The van der Waals surface area contributed by atoms with Crippen molar-refractivity contribution >= 4 is 29.0 Å². The molecule has 0 saturated carbocycles. The number of H-pyrrole nitrogens is 1. The molecule has 31 heavy (non-hydrogen) atoms. The minimum absolute atomic E-state index is 0.0838. The van der Waals surface area contributed by atoms with Gasteiger partial charge in [0.05, 0.1) is 18.1 Å². The number of hydrogen-bond donors (Lipinski definition) is 3. The predicted molar refractivity (Wildman–Crippen MR) is 119 cm³/mol. The molecule has 1 saturated heterocycles. The molecule has 1 fully saturated rings. The Hall–Kier alpha value is -3.50. The molecule has 10 heteroatoms. The molecular formula is C21H25N9O. The number of amidine groups is 2. The number of aliphatic imine (C=N–C) groups is 2. The van der Waals surface area contributed by atoms with E-state index in [1.807, 2.05) is 40.4 Å². The molecule has 10 nitrogen and oxygen atoms in total. The fourth-order valence-corrected chi connectivity index (χ4v) is 3.91. The quantitative estimate of drug-likeness (QED) is 0.688. The average Bonchev–Trinajstić information content (AvgIpc) is 3.52. The van der Waals surface area contributed by atoms with Crippen molar-refractivity contribution in [3.8, 4) is 0 Å². The molecule has 1 aromatic heterocycles. The summed E-state index contributed by atoms with van der Waals surface area (Å²) in [5.74, 6) is 1.44. The van der Waals surface area contributed by atoms with Gasteiger partial charge in [-0.3, -0.25) is 14.9 Å². The predicted octanol–water partition coefficient (Wildman–Crippen LogP) is 1.19. The van der Waals surface area contributed by atoms with E-state index in [1.54, 1.807) is 12.4 Å². The Morgan fingerprint density at radius 2 is 1.97 bits per heavy atom. The zero-order valence-corrected chi connectivity index (χ0v) is 17.4. The molecule has 0 unspecified atom stereocenters. The first-order chi connectivity index (χ1) is 15.2. The summed E-state index contributed by atoms with van der Waals surface area (Å²) in [6.45, 7) is 7.08. The van der Waals surface area contributed by atoms with Crippen LogP contribution in [0.2, 0.25) is 0 Å². The maximum absolute atomic E-state index is 12.8. The van der Waals surface area contributed by atoms with Crippen molar-refractivity contribution in [1.82, 2.24) is 30.4 Å². The van der Waals surface area contributed by atoms with Gasteiger partial charge in [0.25, 0.3) is 5.91 Å². The van der Waals surface area contributed by atoms with Crippen LogP contribution in [-0.2, 0) is 0 Å². The lowest BCUT2D eigenvalue weighted by atomic mass is 10.1. The summed E-state index contributed by atoms with van der Waals surface area (Å²) < 4.78 is 0. The second-order valence-electron chi connectivity index (χ2n) is 7.54. The summed E-state index contributed by atoms with van der Waals surface area (Å²) in [5, 5.41) is 12.0. The summed E-state index contributed by atoms with van der Waals surface area (Å²) in [4.78, 5) is 26.2. The van der Waals surface area contributed by atoms with Crippen LogP contribution in [0.4, 0.5) is 5.69 Å². The molecule has 2 aromatic rings. The third kappa shape index (κ3) is 3.82. The number of carbonyl (C=O) groups excluding carboxylic acids is 1. The molecule has 3 aliphatic heterocycles. The summed E-state index contributed by atoms with van der Waals surface area (Å²) >= 11 is 0. The van der Waals surface area contributed by atoms with Gasteiger partial charge in [0, 0.05) is 49.2 Å². The van der Waals surface area contributed by atoms with Crippen molar-refractivity contribution in [2.45, 2.75) is 6.92 Å². The summed E-state index contributed by atoms with van der Waals surface area (Å²) in [5.41, 5.74) is 6.57. The molecule has 4 heterocycles. The fraction of sp³-hybridized carbons (Fsp3) is 0.333. The van der Waals surface area contributed by atoms with E-state index in [0.29, 0.717) is 23.9 Å². The number of piperazine rings is 1. The number of amides is 1. The highest BCUT2D eigenvalue weighted by atomic mass is 16.2. The van der Waals surface area contributed by atoms with E-state index in [4.69, 9.17) is 0 Å². The molecule has 0 spiro atoms. The molecule has 160 valence electrons. The number of aromatic nitrogens is 2.